The van der Waals surface area contributed by atoms with Crippen LogP contribution in [0.4, 0.5) is 24.0 Å². The summed E-state index contributed by atoms with van der Waals surface area (Å²) in [4.78, 5) is 1.76. The highest BCUT2D eigenvalue weighted by Crippen LogP contribution is 2.33. The van der Waals surface area contributed by atoms with E-state index in [1.807, 2.05) is 24.3 Å². The number of nitrogens with one attached hydrogen (secondary N) is 1. The van der Waals surface area contributed by atoms with Crippen LogP contribution in [-0.2, 0) is 6.67 Å². The van der Waals surface area contributed by atoms with Crippen molar-refractivity contribution in [2.75, 3.05) is 25.5 Å². The van der Waals surface area contributed by atoms with Gasteiger partial charge in [-0.1, -0.05) is 17.4 Å². The molecule has 1 aliphatic heterocycles. The van der Waals surface area contributed by atoms with E-state index in [2.05, 4.69) is 10.4 Å². The predicted molar refractivity (Wildman–Crippen MR) is 97.6 cm³/mol. The van der Waals surface area contributed by atoms with Crippen molar-refractivity contribution < 1.29 is 17.9 Å². The molecule has 0 saturated carbocycles. The number of likely N-dealkylation sites (tertiary alicyclic amines) is 1. The molecular formula is C16H19F3N4OS2. The molecule has 26 heavy (non-hydrogen) atoms. The SMILES string of the molecule is COc1cccc(Nc2nn(CN3CCC[C@@H](C(F)(F)F)C3)c(=S)s2)c1. The Morgan fingerprint density at radius 1 is 1.42 bits per heavy atom. The molecule has 3 rings (SSSR count). The lowest BCUT2D eigenvalue weighted by Crippen LogP contribution is -2.42. The number of piperidine rings is 1. The molecule has 1 aromatic heterocycles. The molecule has 1 aliphatic rings. The number of nitrogens with zero attached hydrogens (tertiary/aromatic N) is 3. The summed E-state index contributed by atoms with van der Waals surface area (Å²) >= 11 is 6.60. The lowest BCUT2D eigenvalue weighted by molar-refractivity contribution is -0.188. The fourth-order valence-electron chi connectivity index (χ4n) is 2.91. The first-order valence-electron chi connectivity index (χ1n) is 8.13. The highest BCUT2D eigenvalue weighted by molar-refractivity contribution is 7.73. The van der Waals surface area contributed by atoms with Crippen molar-refractivity contribution >= 4 is 34.4 Å². The maximum atomic E-state index is 13.0. The van der Waals surface area contributed by atoms with Crippen LogP contribution in [0.1, 0.15) is 12.8 Å². The van der Waals surface area contributed by atoms with Gasteiger partial charge in [-0.3, -0.25) is 4.90 Å². The average Bonchev–Trinajstić information content (AvgIpc) is 2.93. The summed E-state index contributed by atoms with van der Waals surface area (Å²) in [5.41, 5.74) is 0.801. The summed E-state index contributed by atoms with van der Waals surface area (Å²) in [5.74, 6) is -0.567. The van der Waals surface area contributed by atoms with Gasteiger partial charge in [0.2, 0.25) is 5.13 Å². The van der Waals surface area contributed by atoms with Gasteiger partial charge in [0.1, 0.15) is 5.75 Å². The molecule has 0 amide bonds. The van der Waals surface area contributed by atoms with Gasteiger partial charge in [0.15, 0.2) is 3.95 Å². The van der Waals surface area contributed by atoms with E-state index in [0.29, 0.717) is 27.8 Å². The zero-order valence-electron chi connectivity index (χ0n) is 14.1. The summed E-state index contributed by atoms with van der Waals surface area (Å²) in [7, 11) is 1.59. The second kappa shape index (κ2) is 7.93. The maximum absolute atomic E-state index is 13.0. The van der Waals surface area contributed by atoms with Crippen LogP contribution in [0, 0.1) is 9.87 Å². The van der Waals surface area contributed by atoms with Gasteiger partial charge in [0, 0.05) is 18.3 Å². The highest BCUT2D eigenvalue weighted by atomic mass is 32.1. The first kappa shape index (κ1) is 19.1. The first-order chi connectivity index (χ1) is 12.3. The second-order valence-corrected chi connectivity index (χ2v) is 7.75. The third kappa shape index (κ3) is 4.74. The molecule has 1 aromatic carbocycles. The van der Waals surface area contributed by atoms with Crippen LogP contribution in [0.15, 0.2) is 24.3 Å². The minimum Gasteiger partial charge on any atom is -0.497 e. The van der Waals surface area contributed by atoms with Crippen molar-refractivity contribution in [3.05, 3.63) is 28.2 Å². The lowest BCUT2D eigenvalue weighted by Gasteiger charge is -2.33. The Kier molecular flexibility index (Phi) is 5.83. The number of benzene rings is 1. The minimum absolute atomic E-state index is 0.0125. The number of hydrogen-bond acceptors (Lipinski definition) is 6. The van der Waals surface area contributed by atoms with Gasteiger partial charge in [-0.05, 0) is 43.7 Å². The molecule has 1 N–H and O–H groups in total. The molecule has 0 unspecified atom stereocenters. The van der Waals surface area contributed by atoms with Gasteiger partial charge in [-0.15, -0.1) is 5.10 Å². The van der Waals surface area contributed by atoms with Gasteiger partial charge in [-0.2, -0.15) is 13.2 Å². The Balaban J connectivity index is 1.67. The van der Waals surface area contributed by atoms with Crippen molar-refractivity contribution in [1.82, 2.24) is 14.7 Å². The molecule has 0 spiro atoms. The predicted octanol–water partition coefficient (Wildman–Crippen LogP) is 4.66. The number of halogens is 3. The first-order valence-corrected chi connectivity index (χ1v) is 9.36. The Bertz CT molecular complexity index is 805. The van der Waals surface area contributed by atoms with Gasteiger partial charge in [0.05, 0.1) is 19.7 Å². The van der Waals surface area contributed by atoms with Crippen molar-refractivity contribution in [3.63, 3.8) is 0 Å². The molecule has 10 heteroatoms. The van der Waals surface area contributed by atoms with E-state index >= 15 is 0 Å². The Hall–Kier alpha value is -1.65. The summed E-state index contributed by atoms with van der Waals surface area (Å²) in [5, 5.41) is 8.14. The largest absolute Gasteiger partial charge is 0.497 e. The van der Waals surface area contributed by atoms with E-state index in [0.717, 1.165) is 5.69 Å². The van der Waals surface area contributed by atoms with E-state index in [9.17, 15) is 13.2 Å². The van der Waals surface area contributed by atoms with E-state index in [1.54, 1.807) is 16.7 Å². The fraction of sp³-hybridized carbons (Fsp3) is 0.500. The summed E-state index contributed by atoms with van der Waals surface area (Å²) in [6, 6.07) is 7.38. The molecule has 1 fully saturated rings. The standard InChI is InChI=1S/C16H19F3N4OS2/c1-24-13-6-2-5-12(8-13)20-14-21-23(15(25)26-14)10-22-7-3-4-11(9-22)16(17,18)19/h2,5-6,8,11H,3-4,7,9-10H2,1H3,(H,20,21)/t11-/m1/s1. The molecule has 2 aromatic rings. The molecule has 1 saturated heterocycles. The Morgan fingerprint density at radius 3 is 2.96 bits per heavy atom. The molecule has 0 radical (unpaired) electrons. The van der Waals surface area contributed by atoms with Gasteiger partial charge in [0.25, 0.3) is 0 Å². The smallest absolute Gasteiger partial charge is 0.393 e. The monoisotopic (exact) mass is 404 g/mol. The molecule has 0 aliphatic carbocycles. The number of alkyl halides is 3. The van der Waals surface area contributed by atoms with E-state index in [-0.39, 0.29) is 19.6 Å². The van der Waals surface area contributed by atoms with E-state index in [4.69, 9.17) is 17.0 Å². The van der Waals surface area contributed by atoms with Crippen molar-refractivity contribution in [2.45, 2.75) is 25.7 Å². The molecule has 142 valence electrons. The third-order valence-corrected chi connectivity index (χ3v) is 5.45. The van der Waals surface area contributed by atoms with E-state index < -0.39 is 12.1 Å². The molecule has 5 nitrogen and oxygen atoms in total. The molecule has 1 atom stereocenters. The van der Waals surface area contributed by atoms with Crippen molar-refractivity contribution in [1.29, 1.82) is 0 Å². The van der Waals surface area contributed by atoms with Gasteiger partial charge in [-0.25, -0.2) is 4.68 Å². The number of ether oxygens (including phenoxy) is 1. The van der Waals surface area contributed by atoms with Crippen molar-refractivity contribution in [3.8, 4) is 5.75 Å². The van der Waals surface area contributed by atoms with Gasteiger partial charge >= 0.3 is 6.18 Å². The number of rotatable bonds is 5. The summed E-state index contributed by atoms with van der Waals surface area (Å²) < 4.78 is 46.1. The van der Waals surface area contributed by atoms with Crippen LogP contribution in [0.5, 0.6) is 5.75 Å². The minimum atomic E-state index is -4.15. The van der Waals surface area contributed by atoms with Crippen LogP contribution in [0.2, 0.25) is 0 Å². The fourth-order valence-corrected chi connectivity index (χ4v) is 3.92. The van der Waals surface area contributed by atoms with Crippen LogP contribution >= 0.6 is 23.6 Å². The number of hydrogen-bond donors (Lipinski definition) is 1. The summed E-state index contributed by atoms with van der Waals surface area (Å²) in [6.07, 6.45) is -3.44. The summed E-state index contributed by atoms with van der Waals surface area (Å²) in [6.45, 7) is 0.869. The highest BCUT2D eigenvalue weighted by Gasteiger charge is 2.41. The maximum Gasteiger partial charge on any atom is 0.393 e. The van der Waals surface area contributed by atoms with Crippen LogP contribution in [0.25, 0.3) is 0 Å². The quantitative estimate of drug-likeness (QED) is 0.735. The van der Waals surface area contributed by atoms with Gasteiger partial charge < -0.3 is 10.1 Å². The van der Waals surface area contributed by atoms with Crippen LogP contribution < -0.4 is 10.1 Å². The lowest BCUT2D eigenvalue weighted by atomic mass is 9.98. The van der Waals surface area contributed by atoms with Crippen molar-refractivity contribution in [2.24, 2.45) is 5.92 Å². The Morgan fingerprint density at radius 2 is 2.23 bits per heavy atom. The molecular weight excluding hydrogens is 385 g/mol. The number of aromatic nitrogens is 2. The second-order valence-electron chi connectivity index (χ2n) is 6.13. The van der Waals surface area contributed by atoms with Crippen LogP contribution in [0.3, 0.4) is 0 Å². The third-order valence-electron chi connectivity index (χ3n) is 4.23. The molecule has 0 bridgehead atoms. The number of methoxy groups -OCH3 is 1. The van der Waals surface area contributed by atoms with E-state index in [1.165, 1.54) is 11.3 Å². The topological polar surface area (TPSA) is 42.3 Å². The Labute approximate surface area is 158 Å². The zero-order chi connectivity index (χ0) is 18.7. The molecule has 2 heterocycles. The zero-order valence-corrected chi connectivity index (χ0v) is 15.8. The number of anilines is 2. The van der Waals surface area contributed by atoms with Crippen LogP contribution in [-0.4, -0.2) is 41.1 Å². The average molecular weight is 404 g/mol. The normalized spacial score (nSPS) is 18.7.